The molecule has 0 radical (unpaired) electrons. The standard InChI is InChI=1S/C45H66N4O15/c1-25-18-32(19-26(2)38(25)62-31(7)55)40(56)47-37(35(61-30(6)54)23-60-29(5)53)39-36(46-28(4)52)34(27(3)51)20-45(63-39,41(57)59-11)15-17-49-16-13-12-14-44(49)24-48(21-33(44)22-50)42(58)64-43(8,9)10/h18-19,33-37,39,50H,12-17,20-24H2,1-11H3,(H,46,52)(H,47,56)/t33-,34-,35?,36-,37?,39-,44-,45+/m1/s1. The number of esters is 4. The smallest absolute Gasteiger partial charge is 0.410 e. The molecule has 8 atom stereocenters. The van der Waals surface area contributed by atoms with Gasteiger partial charge in [-0.25, -0.2) is 9.59 Å². The van der Waals surface area contributed by atoms with Crippen LogP contribution in [0.3, 0.4) is 0 Å². The van der Waals surface area contributed by atoms with Crippen molar-refractivity contribution in [2.45, 2.75) is 142 Å². The van der Waals surface area contributed by atoms with E-state index in [2.05, 4.69) is 15.5 Å². The minimum Gasteiger partial charge on any atom is -0.467 e. The van der Waals surface area contributed by atoms with E-state index in [1.54, 1.807) is 39.5 Å². The van der Waals surface area contributed by atoms with Crippen molar-refractivity contribution >= 4 is 47.6 Å². The van der Waals surface area contributed by atoms with Gasteiger partial charge in [0.15, 0.2) is 11.7 Å². The van der Waals surface area contributed by atoms with Crippen molar-refractivity contribution in [2.24, 2.45) is 11.8 Å². The Kier molecular flexibility index (Phi) is 17.1. The molecule has 3 saturated heterocycles. The fraction of sp³-hybridized carbons (Fsp3) is 0.689. The third kappa shape index (κ3) is 12.3. The summed E-state index contributed by atoms with van der Waals surface area (Å²) in [5.74, 6) is -6.08. The van der Waals surface area contributed by atoms with Crippen molar-refractivity contribution in [3.63, 3.8) is 0 Å². The summed E-state index contributed by atoms with van der Waals surface area (Å²) in [5.41, 5.74) is -2.45. The van der Waals surface area contributed by atoms with Crippen LogP contribution < -0.4 is 15.4 Å². The van der Waals surface area contributed by atoms with Crippen LogP contribution in [-0.2, 0) is 52.5 Å². The van der Waals surface area contributed by atoms with Gasteiger partial charge in [-0.2, -0.15) is 0 Å². The molecule has 0 saturated carbocycles. The van der Waals surface area contributed by atoms with Gasteiger partial charge in [-0.1, -0.05) is 6.42 Å². The normalized spacial score (nSPS) is 25.7. The number of hydrogen-bond acceptors (Lipinski definition) is 16. The van der Waals surface area contributed by atoms with Crippen LogP contribution in [-0.4, -0.2) is 150 Å². The molecule has 1 spiro atoms. The third-order valence-electron chi connectivity index (χ3n) is 12.2. The molecular formula is C45H66N4O15. The summed E-state index contributed by atoms with van der Waals surface area (Å²) < 4.78 is 34.4. The Morgan fingerprint density at radius 3 is 2.14 bits per heavy atom. The Morgan fingerprint density at radius 1 is 0.953 bits per heavy atom. The molecule has 19 nitrogen and oxygen atoms in total. The van der Waals surface area contributed by atoms with Gasteiger partial charge in [-0.05, 0) is 97.0 Å². The van der Waals surface area contributed by atoms with Crippen LogP contribution in [0.4, 0.5) is 4.79 Å². The highest BCUT2D eigenvalue weighted by Crippen LogP contribution is 2.44. The van der Waals surface area contributed by atoms with Gasteiger partial charge in [0.25, 0.3) is 5.91 Å². The second-order valence-electron chi connectivity index (χ2n) is 18.2. The summed E-state index contributed by atoms with van der Waals surface area (Å²) >= 11 is 0. The molecule has 3 heterocycles. The highest BCUT2D eigenvalue weighted by Gasteiger charge is 2.59. The zero-order chi connectivity index (χ0) is 47.9. The first-order valence-corrected chi connectivity index (χ1v) is 21.7. The molecule has 2 unspecified atom stereocenters. The van der Waals surface area contributed by atoms with Gasteiger partial charge in [0.05, 0.1) is 19.2 Å². The topological polar surface area (TPSA) is 243 Å². The SMILES string of the molecule is COC(=O)[C@]1(CCN2CCCC[C@]23CN(C(=O)OC(C)(C)C)C[C@@H]3CO)C[C@H](C(C)=O)[C@@H](NC(C)=O)[C@H](C(NC(=O)c2cc(C)c(OC(C)=O)c(C)c2)C(COC(C)=O)OC(C)=O)O1. The summed E-state index contributed by atoms with van der Waals surface area (Å²) in [6.07, 6.45) is -1.72. The Bertz CT molecular complexity index is 1930. The lowest BCUT2D eigenvalue weighted by Crippen LogP contribution is -2.70. The second kappa shape index (κ2) is 21.2. The van der Waals surface area contributed by atoms with Gasteiger partial charge in [0.2, 0.25) is 5.91 Å². The average molecular weight is 903 g/mol. The van der Waals surface area contributed by atoms with Crippen LogP contribution in [0.15, 0.2) is 12.1 Å². The van der Waals surface area contributed by atoms with E-state index in [-0.39, 0.29) is 56.3 Å². The molecule has 0 bridgehead atoms. The molecule has 3 N–H and O–H groups in total. The van der Waals surface area contributed by atoms with Crippen molar-refractivity contribution in [2.75, 3.05) is 46.5 Å². The number of nitrogens with zero attached hydrogens (tertiary/aromatic N) is 2. The molecule has 0 aromatic heterocycles. The maximum atomic E-state index is 14.4. The van der Waals surface area contributed by atoms with Crippen molar-refractivity contribution in [3.8, 4) is 5.75 Å². The van der Waals surface area contributed by atoms with Gasteiger partial charge >= 0.3 is 30.0 Å². The number of nitrogens with one attached hydrogen (secondary N) is 2. The average Bonchev–Trinajstić information content (AvgIpc) is 3.57. The number of piperidine rings is 1. The third-order valence-corrected chi connectivity index (χ3v) is 12.2. The number of ether oxygens (including phenoxy) is 6. The first kappa shape index (κ1) is 51.5. The van der Waals surface area contributed by atoms with Gasteiger partial charge in [0.1, 0.15) is 29.8 Å². The molecule has 3 aliphatic heterocycles. The number of aliphatic hydroxyl groups is 1. The van der Waals surface area contributed by atoms with Crippen molar-refractivity contribution < 1.29 is 71.9 Å². The Morgan fingerprint density at radius 2 is 1.61 bits per heavy atom. The number of carbonyl (C=O) groups excluding carboxylic acids is 8. The fourth-order valence-corrected chi connectivity index (χ4v) is 9.47. The lowest BCUT2D eigenvalue weighted by atomic mass is 9.73. The number of rotatable bonds is 15. The number of methoxy groups -OCH3 is 1. The monoisotopic (exact) mass is 902 g/mol. The Hall–Kier alpha value is -5.14. The van der Waals surface area contributed by atoms with E-state index in [1.165, 1.54) is 32.9 Å². The van der Waals surface area contributed by atoms with Crippen LogP contribution in [0.25, 0.3) is 0 Å². The van der Waals surface area contributed by atoms with E-state index in [9.17, 15) is 43.5 Å². The molecule has 0 aliphatic carbocycles. The number of Topliss-reactive ketones (excluding diaryl/α,β-unsaturated/α-hetero) is 1. The Balaban J connectivity index is 1.86. The number of carbonyl (C=O) groups is 8. The molecule has 1 aromatic rings. The largest absolute Gasteiger partial charge is 0.467 e. The van der Waals surface area contributed by atoms with Gasteiger partial charge in [-0.3, -0.25) is 33.7 Å². The lowest BCUT2D eigenvalue weighted by Gasteiger charge is -2.52. The number of hydrogen-bond donors (Lipinski definition) is 3. The number of benzene rings is 1. The van der Waals surface area contributed by atoms with E-state index >= 15 is 0 Å². The van der Waals surface area contributed by atoms with E-state index < -0.39 is 101 Å². The van der Waals surface area contributed by atoms with Crippen molar-refractivity contribution in [1.29, 1.82) is 0 Å². The maximum Gasteiger partial charge on any atom is 0.410 e. The zero-order valence-electron chi connectivity index (χ0n) is 39.0. The molecule has 4 rings (SSSR count). The van der Waals surface area contributed by atoms with Crippen molar-refractivity contribution in [3.05, 3.63) is 28.8 Å². The van der Waals surface area contributed by atoms with Crippen LogP contribution in [0.5, 0.6) is 5.75 Å². The fourth-order valence-electron chi connectivity index (χ4n) is 9.47. The summed E-state index contributed by atoms with van der Waals surface area (Å²) in [7, 11) is 1.16. The number of likely N-dealkylation sites (tertiary alicyclic amines) is 2. The van der Waals surface area contributed by atoms with Gasteiger partial charge in [-0.15, -0.1) is 0 Å². The van der Waals surface area contributed by atoms with Crippen LogP contribution in [0.2, 0.25) is 0 Å². The highest BCUT2D eigenvalue weighted by molar-refractivity contribution is 5.95. The van der Waals surface area contributed by atoms with E-state index in [0.717, 1.165) is 33.8 Å². The van der Waals surface area contributed by atoms with Crippen LogP contribution in [0, 0.1) is 25.7 Å². The van der Waals surface area contributed by atoms with Gasteiger partial charge < -0.3 is 49.1 Å². The van der Waals surface area contributed by atoms with Gasteiger partial charge in [0, 0.05) is 76.9 Å². The van der Waals surface area contributed by atoms with Crippen LogP contribution in [0.1, 0.15) is 109 Å². The number of amides is 3. The number of ketones is 1. The lowest BCUT2D eigenvalue weighted by molar-refractivity contribution is -0.213. The number of aliphatic hydroxyl groups excluding tert-OH is 1. The molecule has 3 fully saturated rings. The summed E-state index contributed by atoms with van der Waals surface area (Å²) in [4.78, 5) is 109. The predicted octanol–water partition coefficient (Wildman–Crippen LogP) is 2.71. The summed E-state index contributed by atoms with van der Waals surface area (Å²) in [5, 5.41) is 16.4. The van der Waals surface area contributed by atoms with E-state index in [0.29, 0.717) is 24.1 Å². The minimum absolute atomic E-state index is 0.0741. The minimum atomic E-state index is -1.94. The molecular weight excluding hydrogens is 837 g/mol. The maximum absolute atomic E-state index is 14.4. The molecule has 3 amide bonds. The summed E-state index contributed by atoms with van der Waals surface area (Å²) in [6.45, 7) is 14.9. The number of aryl methyl sites for hydroxylation is 2. The highest BCUT2D eigenvalue weighted by atomic mass is 16.6. The predicted molar refractivity (Wildman–Crippen MR) is 228 cm³/mol. The quantitative estimate of drug-likeness (QED) is 0.130. The van der Waals surface area contributed by atoms with E-state index in [4.69, 9.17) is 28.4 Å². The molecule has 356 valence electrons. The molecule has 1 aromatic carbocycles. The second-order valence-corrected chi connectivity index (χ2v) is 18.2. The van der Waals surface area contributed by atoms with E-state index in [1.807, 2.05) is 0 Å². The molecule has 64 heavy (non-hydrogen) atoms. The first-order valence-electron chi connectivity index (χ1n) is 21.7. The Labute approximate surface area is 374 Å². The van der Waals surface area contributed by atoms with Crippen LogP contribution >= 0.6 is 0 Å². The van der Waals surface area contributed by atoms with Crippen molar-refractivity contribution in [1.82, 2.24) is 20.4 Å². The zero-order valence-corrected chi connectivity index (χ0v) is 39.0. The summed E-state index contributed by atoms with van der Waals surface area (Å²) in [6, 6.07) is 0.163. The molecule has 3 aliphatic rings. The molecule has 19 heteroatoms. The first-order chi connectivity index (χ1) is 29.9.